The fourth-order valence-electron chi connectivity index (χ4n) is 2.54. The molecule has 1 aliphatic rings. The van der Waals surface area contributed by atoms with Crippen molar-refractivity contribution in [3.05, 3.63) is 30.3 Å². The Balaban J connectivity index is 1.75. The first-order chi connectivity index (χ1) is 11.9. The molecule has 1 saturated heterocycles. The zero-order valence-corrected chi connectivity index (χ0v) is 14.9. The molecule has 0 atom stereocenters. The Bertz CT molecular complexity index is 685. The van der Waals surface area contributed by atoms with Gasteiger partial charge >= 0.3 is 6.09 Å². The second-order valence-electron chi connectivity index (χ2n) is 5.67. The summed E-state index contributed by atoms with van der Waals surface area (Å²) in [6.07, 6.45) is 0.870. The van der Waals surface area contributed by atoms with Gasteiger partial charge in [0.25, 0.3) is 0 Å². The van der Waals surface area contributed by atoms with E-state index in [4.69, 9.17) is 4.74 Å². The number of piperidine rings is 1. The molecule has 0 aliphatic carbocycles. The molecule has 1 aromatic rings. The largest absolute Gasteiger partial charge is 0.450 e. The van der Waals surface area contributed by atoms with Crippen LogP contribution in [0.1, 0.15) is 19.8 Å². The van der Waals surface area contributed by atoms with Gasteiger partial charge in [-0.05, 0) is 31.9 Å². The van der Waals surface area contributed by atoms with Crippen LogP contribution in [0.4, 0.5) is 4.79 Å². The molecule has 0 aromatic heterocycles. The van der Waals surface area contributed by atoms with E-state index in [2.05, 4.69) is 10.0 Å². The average molecular weight is 369 g/mol. The van der Waals surface area contributed by atoms with E-state index in [1.54, 1.807) is 30.0 Å². The van der Waals surface area contributed by atoms with Crippen molar-refractivity contribution in [3.63, 3.8) is 0 Å². The van der Waals surface area contributed by atoms with E-state index < -0.39 is 15.9 Å². The van der Waals surface area contributed by atoms with Gasteiger partial charge in [0, 0.05) is 19.1 Å². The highest BCUT2D eigenvalue weighted by Crippen LogP contribution is 2.11. The Morgan fingerprint density at radius 1 is 1.20 bits per heavy atom. The van der Waals surface area contributed by atoms with Crippen LogP contribution in [0.15, 0.2) is 35.2 Å². The third-order valence-electron chi connectivity index (χ3n) is 3.86. The van der Waals surface area contributed by atoms with E-state index in [1.165, 1.54) is 12.1 Å². The van der Waals surface area contributed by atoms with E-state index in [1.807, 2.05) is 0 Å². The molecule has 2 amide bonds. The highest BCUT2D eigenvalue weighted by Gasteiger charge is 2.25. The Labute approximate surface area is 147 Å². The van der Waals surface area contributed by atoms with Gasteiger partial charge in [-0.2, -0.15) is 0 Å². The van der Waals surface area contributed by atoms with E-state index >= 15 is 0 Å². The quantitative estimate of drug-likeness (QED) is 0.768. The Kier molecular flexibility index (Phi) is 6.77. The number of sulfonamides is 1. The maximum atomic E-state index is 12.1. The molecule has 1 aromatic carbocycles. The number of nitrogens with zero attached hydrogens (tertiary/aromatic N) is 1. The molecule has 0 spiro atoms. The van der Waals surface area contributed by atoms with Crippen molar-refractivity contribution in [2.24, 2.45) is 0 Å². The fraction of sp³-hybridized carbons (Fsp3) is 0.500. The lowest BCUT2D eigenvalue weighted by Crippen LogP contribution is -2.48. The van der Waals surface area contributed by atoms with Crippen molar-refractivity contribution in [1.82, 2.24) is 14.9 Å². The lowest BCUT2D eigenvalue weighted by atomic mass is 10.1. The molecular formula is C16H23N3O5S. The summed E-state index contributed by atoms with van der Waals surface area (Å²) in [4.78, 5) is 25.3. The molecular weight excluding hydrogens is 346 g/mol. The molecule has 8 nitrogen and oxygen atoms in total. The number of likely N-dealkylation sites (tertiary alicyclic amines) is 1. The van der Waals surface area contributed by atoms with E-state index in [-0.39, 0.29) is 23.6 Å². The first kappa shape index (κ1) is 19.2. The minimum Gasteiger partial charge on any atom is -0.450 e. The van der Waals surface area contributed by atoms with Gasteiger partial charge in [-0.3, -0.25) is 4.79 Å². The molecule has 1 aliphatic heterocycles. The lowest BCUT2D eigenvalue weighted by molar-refractivity contribution is -0.120. The summed E-state index contributed by atoms with van der Waals surface area (Å²) in [5, 5.41) is 2.79. The van der Waals surface area contributed by atoms with Gasteiger partial charge in [-0.25, -0.2) is 17.9 Å². The topological polar surface area (TPSA) is 105 Å². The number of rotatable bonds is 6. The zero-order valence-electron chi connectivity index (χ0n) is 14.1. The monoisotopic (exact) mass is 369 g/mol. The summed E-state index contributed by atoms with van der Waals surface area (Å²) in [5.74, 6) is -0.394. The standard InChI is InChI=1S/C16H23N3O5S/c1-2-24-16(21)19-10-8-13(9-11-19)18-15(20)12-17-25(22,23)14-6-4-3-5-7-14/h3-7,13,17H,2,8-12H2,1H3,(H,18,20). The van der Waals surface area contributed by atoms with Crippen LogP contribution in [0.2, 0.25) is 0 Å². The number of hydrogen-bond donors (Lipinski definition) is 2. The summed E-state index contributed by atoms with van der Waals surface area (Å²) >= 11 is 0. The lowest BCUT2D eigenvalue weighted by Gasteiger charge is -2.31. The van der Waals surface area contributed by atoms with Gasteiger partial charge in [0.2, 0.25) is 15.9 Å². The first-order valence-electron chi connectivity index (χ1n) is 8.18. The molecule has 0 bridgehead atoms. The molecule has 9 heteroatoms. The molecule has 138 valence electrons. The fourth-order valence-corrected chi connectivity index (χ4v) is 3.55. The van der Waals surface area contributed by atoms with E-state index in [0.29, 0.717) is 32.5 Å². The molecule has 0 saturated carbocycles. The highest BCUT2D eigenvalue weighted by molar-refractivity contribution is 7.89. The normalized spacial score (nSPS) is 15.6. The maximum Gasteiger partial charge on any atom is 0.409 e. The number of carbonyl (C=O) groups is 2. The number of benzene rings is 1. The van der Waals surface area contributed by atoms with Crippen LogP contribution in [0.3, 0.4) is 0 Å². The summed E-state index contributed by atoms with van der Waals surface area (Å²) in [7, 11) is -3.70. The average Bonchev–Trinajstić information content (AvgIpc) is 2.62. The van der Waals surface area contributed by atoms with Crippen molar-refractivity contribution < 1.29 is 22.7 Å². The maximum absolute atomic E-state index is 12.1. The molecule has 2 rings (SSSR count). The summed E-state index contributed by atoms with van der Waals surface area (Å²) in [6, 6.07) is 7.79. The van der Waals surface area contributed by atoms with Gasteiger partial charge in [-0.1, -0.05) is 18.2 Å². The van der Waals surface area contributed by atoms with Crippen LogP contribution >= 0.6 is 0 Å². The van der Waals surface area contributed by atoms with Gasteiger partial charge < -0.3 is 15.0 Å². The van der Waals surface area contributed by atoms with Crippen molar-refractivity contribution in [2.45, 2.75) is 30.7 Å². The van der Waals surface area contributed by atoms with Crippen molar-refractivity contribution in [1.29, 1.82) is 0 Å². The van der Waals surface area contributed by atoms with Gasteiger partial charge in [0.1, 0.15) is 0 Å². The molecule has 0 radical (unpaired) electrons. The minimum absolute atomic E-state index is 0.0839. The van der Waals surface area contributed by atoms with Gasteiger partial charge in [0.05, 0.1) is 18.0 Å². The van der Waals surface area contributed by atoms with Gasteiger partial charge in [0.15, 0.2) is 0 Å². The molecule has 1 fully saturated rings. The minimum atomic E-state index is -3.70. The van der Waals surface area contributed by atoms with Crippen molar-refractivity contribution in [2.75, 3.05) is 26.2 Å². The Morgan fingerprint density at radius 3 is 2.44 bits per heavy atom. The second kappa shape index (κ2) is 8.82. The van der Waals surface area contributed by atoms with Crippen LogP contribution < -0.4 is 10.0 Å². The number of hydrogen-bond acceptors (Lipinski definition) is 5. The zero-order chi connectivity index (χ0) is 18.3. The van der Waals surface area contributed by atoms with Crippen molar-refractivity contribution >= 4 is 22.0 Å². The van der Waals surface area contributed by atoms with Crippen LogP contribution in [0.5, 0.6) is 0 Å². The number of ether oxygens (including phenoxy) is 1. The third kappa shape index (κ3) is 5.71. The SMILES string of the molecule is CCOC(=O)N1CCC(NC(=O)CNS(=O)(=O)c2ccccc2)CC1. The Morgan fingerprint density at radius 2 is 1.84 bits per heavy atom. The molecule has 1 heterocycles. The predicted octanol–water partition coefficient (Wildman–Crippen LogP) is 0.702. The molecule has 25 heavy (non-hydrogen) atoms. The van der Waals surface area contributed by atoms with E-state index in [9.17, 15) is 18.0 Å². The van der Waals surface area contributed by atoms with Gasteiger partial charge in [-0.15, -0.1) is 0 Å². The van der Waals surface area contributed by atoms with Crippen LogP contribution in [0.25, 0.3) is 0 Å². The molecule has 0 unspecified atom stereocenters. The summed E-state index contributed by atoms with van der Waals surface area (Å²) in [5.41, 5.74) is 0. The summed E-state index contributed by atoms with van der Waals surface area (Å²) in [6.45, 7) is 2.76. The Hall–Kier alpha value is -2.13. The number of nitrogens with one attached hydrogen (secondary N) is 2. The second-order valence-corrected chi connectivity index (χ2v) is 7.43. The third-order valence-corrected chi connectivity index (χ3v) is 5.28. The van der Waals surface area contributed by atoms with Crippen LogP contribution in [-0.2, 0) is 19.6 Å². The highest BCUT2D eigenvalue weighted by atomic mass is 32.2. The predicted molar refractivity (Wildman–Crippen MR) is 91.4 cm³/mol. The smallest absolute Gasteiger partial charge is 0.409 e. The number of amides is 2. The van der Waals surface area contributed by atoms with E-state index in [0.717, 1.165) is 0 Å². The van der Waals surface area contributed by atoms with Crippen LogP contribution in [-0.4, -0.2) is 57.6 Å². The first-order valence-corrected chi connectivity index (χ1v) is 9.66. The van der Waals surface area contributed by atoms with Crippen molar-refractivity contribution in [3.8, 4) is 0 Å². The van der Waals surface area contributed by atoms with Crippen LogP contribution in [0, 0.1) is 0 Å². The summed E-state index contributed by atoms with van der Waals surface area (Å²) < 4.78 is 31.3. The number of carbonyl (C=O) groups excluding carboxylic acids is 2. The molecule has 2 N–H and O–H groups in total.